The Morgan fingerprint density at radius 3 is 2.58 bits per heavy atom. The number of methoxy groups -OCH3 is 1. The molecule has 1 amide bonds. The number of amides is 1. The number of unbranched alkanes of at least 4 members (excludes halogenated alkanes) is 2. The van der Waals surface area contributed by atoms with Crippen LogP contribution in [0.1, 0.15) is 94.3 Å². The first-order valence-electron chi connectivity index (χ1n) is 13.2. The molecule has 2 rings (SSSR count). The Morgan fingerprint density at radius 2 is 1.92 bits per heavy atom. The molecule has 1 N–H and O–H groups in total. The van der Waals surface area contributed by atoms with Gasteiger partial charge in [-0.05, 0) is 55.2 Å². The highest BCUT2D eigenvalue weighted by atomic mass is 16.5. The molecule has 1 aromatic carbocycles. The van der Waals surface area contributed by atoms with E-state index in [0.717, 1.165) is 24.2 Å². The van der Waals surface area contributed by atoms with E-state index < -0.39 is 28.8 Å². The molecule has 208 valence electrons. The summed E-state index contributed by atoms with van der Waals surface area (Å²) in [6.07, 6.45) is 5.32. The predicted molar refractivity (Wildman–Crippen MR) is 148 cm³/mol. The smallest absolute Gasteiger partial charge is 0.432 e. The van der Waals surface area contributed by atoms with Gasteiger partial charge in [0.1, 0.15) is 22.8 Å². The summed E-state index contributed by atoms with van der Waals surface area (Å²) in [6.45, 7) is 10.3. The summed E-state index contributed by atoms with van der Waals surface area (Å²) in [5.41, 5.74) is -0.627. The number of ketones is 1. The highest BCUT2D eigenvalue weighted by Crippen LogP contribution is 2.35. The van der Waals surface area contributed by atoms with E-state index in [1.807, 2.05) is 45.0 Å². The minimum Gasteiger partial charge on any atom is -0.507 e. The van der Waals surface area contributed by atoms with Crippen LogP contribution in [0.4, 0.5) is 4.79 Å². The van der Waals surface area contributed by atoms with Gasteiger partial charge in [-0.3, -0.25) is 4.79 Å². The maximum absolute atomic E-state index is 13.4. The Kier molecular flexibility index (Phi) is 11.8. The molecule has 0 bridgehead atoms. The van der Waals surface area contributed by atoms with Gasteiger partial charge >= 0.3 is 11.7 Å². The van der Waals surface area contributed by atoms with Crippen LogP contribution in [0.3, 0.4) is 0 Å². The summed E-state index contributed by atoms with van der Waals surface area (Å²) in [7, 11) is 1.26. The minimum absolute atomic E-state index is 0.176. The first-order chi connectivity index (χ1) is 18.0. The second-order valence-electron chi connectivity index (χ2n) is 10.4. The SMILES string of the molecule is CCCCOc1cccc(CC(C)(C)C(C)C(=O)c2c(O)cc(C(C)CCCC=NC(=O)OC)oc2=O)c1. The summed E-state index contributed by atoms with van der Waals surface area (Å²) >= 11 is 0. The van der Waals surface area contributed by atoms with Gasteiger partial charge in [-0.15, -0.1) is 0 Å². The maximum Gasteiger partial charge on any atom is 0.432 e. The fourth-order valence-corrected chi connectivity index (χ4v) is 4.15. The molecule has 0 aliphatic heterocycles. The lowest BCUT2D eigenvalue weighted by atomic mass is 9.72. The molecule has 0 saturated heterocycles. The van der Waals surface area contributed by atoms with E-state index in [0.29, 0.717) is 38.1 Å². The largest absolute Gasteiger partial charge is 0.507 e. The fourth-order valence-electron chi connectivity index (χ4n) is 4.15. The first kappa shape index (κ1) is 30.8. The second-order valence-corrected chi connectivity index (χ2v) is 10.4. The highest BCUT2D eigenvalue weighted by Gasteiger charge is 2.35. The zero-order valence-corrected chi connectivity index (χ0v) is 23.4. The summed E-state index contributed by atoms with van der Waals surface area (Å²) < 4.78 is 15.7. The van der Waals surface area contributed by atoms with Crippen LogP contribution in [0.2, 0.25) is 0 Å². The number of Topliss-reactive ketones (excluding diaryl/α,β-unsaturated/α-hetero) is 1. The molecule has 0 aliphatic carbocycles. The number of carbonyl (C=O) groups excluding carboxylic acids is 2. The van der Waals surface area contributed by atoms with Crippen molar-refractivity contribution < 1.29 is 28.6 Å². The van der Waals surface area contributed by atoms with Crippen LogP contribution >= 0.6 is 0 Å². The molecule has 2 unspecified atom stereocenters. The topological polar surface area (TPSA) is 115 Å². The molecule has 0 fully saturated rings. The van der Waals surface area contributed by atoms with Crippen molar-refractivity contribution in [3.8, 4) is 11.5 Å². The van der Waals surface area contributed by atoms with Crippen LogP contribution < -0.4 is 10.4 Å². The van der Waals surface area contributed by atoms with Crippen LogP contribution in [-0.4, -0.2) is 36.9 Å². The number of ether oxygens (including phenoxy) is 2. The van der Waals surface area contributed by atoms with E-state index in [-0.39, 0.29) is 17.2 Å². The van der Waals surface area contributed by atoms with Gasteiger partial charge in [0, 0.05) is 24.1 Å². The summed E-state index contributed by atoms with van der Waals surface area (Å²) in [5.74, 6) is -0.447. The highest BCUT2D eigenvalue weighted by molar-refractivity contribution is 6.00. The lowest BCUT2D eigenvalue weighted by Crippen LogP contribution is -2.33. The number of hydrogen-bond donors (Lipinski definition) is 1. The third kappa shape index (κ3) is 8.85. The molecule has 1 heterocycles. The molecular formula is C30H41NO7. The summed E-state index contributed by atoms with van der Waals surface area (Å²) in [6, 6.07) is 9.19. The number of aromatic hydroxyl groups is 1. The summed E-state index contributed by atoms with van der Waals surface area (Å²) in [4.78, 5) is 40.8. The Hall–Kier alpha value is -3.42. The van der Waals surface area contributed by atoms with Gasteiger partial charge < -0.3 is 19.0 Å². The monoisotopic (exact) mass is 527 g/mol. The van der Waals surface area contributed by atoms with Crippen LogP contribution in [-0.2, 0) is 11.2 Å². The quantitative estimate of drug-likeness (QED) is 0.165. The Labute approximate surface area is 225 Å². The Morgan fingerprint density at radius 1 is 1.18 bits per heavy atom. The van der Waals surface area contributed by atoms with E-state index in [1.54, 1.807) is 6.92 Å². The van der Waals surface area contributed by atoms with Crippen LogP contribution in [0.25, 0.3) is 0 Å². The fraction of sp³-hybridized carbons (Fsp3) is 0.533. The molecule has 1 aromatic heterocycles. The van der Waals surface area contributed by atoms with Crippen LogP contribution in [0, 0.1) is 11.3 Å². The maximum atomic E-state index is 13.4. The Bertz CT molecular complexity index is 1170. The van der Waals surface area contributed by atoms with Gasteiger partial charge in [-0.25, -0.2) is 9.59 Å². The lowest BCUT2D eigenvalue weighted by Gasteiger charge is -2.31. The van der Waals surface area contributed by atoms with Crippen molar-refractivity contribution in [1.82, 2.24) is 0 Å². The van der Waals surface area contributed by atoms with Gasteiger partial charge in [0.25, 0.3) is 0 Å². The van der Waals surface area contributed by atoms with Gasteiger partial charge in [0.2, 0.25) is 0 Å². The number of carbonyl (C=O) groups is 2. The molecule has 38 heavy (non-hydrogen) atoms. The van der Waals surface area contributed by atoms with E-state index in [9.17, 15) is 19.5 Å². The number of nitrogens with zero attached hydrogens (tertiary/aromatic N) is 1. The van der Waals surface area contributed by atoms with Gasteiger partial charge in [0.05, 0.1) is 13.7 Å². The number of aliphatic imine (C=N–C) groups is 1. The van der Waals surface area contributed by atoms with Crippen LogP contribution in [0.5, 0.6) is 11.5 Å². The molecule has 0 saturated carbocycles. The standard InChI is InChI=1S/C30H41NO7/c1-7-8-16-37-23-14-11-13-22(17-23)19-30(4,5)21(3)27(33)26-24(32)18-25(38-28(26)34)20(2)12-9-10-15-31-29(35)36-6/h11,13-15,17-18,20-21,32H,7-10,12,16,19H2,1-6H3. The third-order valence-electron chi connectivity index (χ3n) is 6.91. The van der Waals surface area contributed by atoms with Crippen molar-refractivity contribution in [1.29, 1.82) is 0 Å². The van der Waals surface area contributed by atoms with Crippen molar-refractivity contribution in [3.63, 3.8) is 0 Å². The average Bonchev–Trinajstić information content (AvgIpc) is 2.87. The van der Waals surface area contributed by atoms with Crippen molar-refractivity contribution in [2.45, 2.75) is 79.1 Å². The van der Waals surface area contributed by atoms with Crippen molar-refractivity contribution in [3.05, 3.63) is 57.6 Å². The molecular weight excluding hydrogens is 486 g/mol. The molecule has 2 aromatic rings. The van der Waals surface area contributed by atoms with Gasteiger partial charge in [-0.2, -0.15) is 4.99 Å². The zero-order chi connectivity index (χ0) is 28.3. The molecule has 0 aliphatic rings. The van der Waals surface area contributed by atoms with Gasteiger partial charge in [0.15, 0.2) is 5.78 Å². The second kappa shape index (κ2) is 14.5. The van der Waals surface area contributed by atoms with Crippen molar-refractivity contribution in [2.75, 3.05) is 13.7 Å². The Balaban J connectivity index is 2.09. The molecule has 0 spiro atoms. The molecule has 8 heteroatoms. The number of hydrogen-bond acceptors (Lipinski definition) is 7. The van der Waals surface area contributed by atoms with E-state index in [1.165, 1.54) is 19.4 Å². The van der Waals surface area contributed by atoms with Gasteiger partial charge in [-0.1, -0.05) is 53.2 Å². The molecule has 8 nitrogen and oxygen atoms in total. The first-order valence-corrected chi connectivity index (χ1v) is 13.2. The number of benzene rings is 1. The molecule has 2 atom stereocenters. The van der Waals surface area contributed by atoms with E-state index >= 15 is 0 Å². The summed E-state index contributed by atoms with van der Waals surface area (Å²) in [5, 5.41) is 10.7. The minimum atomic E-state index is -0.835. The normalized spacial score (nSPS) is 13.3. The predicted octanol–water partition coefficient (Wildman–Crippen LogP) is 6.72. The molecule has 0 radical (unpaired) electrons. The van der Waals surface area contributed by atoms with Crippen molar-refractivity contribution in [2.24, 2.45) is 16.3 Å². The third-order valence-corrected chi connectivity index (χ3v) is 6.91. The number of rotatable bonds is 14. The van der Waals surface area contributed by atoms with E-state index in [4.69, 9.17) is 9.15 Å². The van der Waals surface area contributed by atoms with E-state index in [2.05, 4.69) is 16.7 Å². The lowest BCUT2D eigenvalue weighted by molar-refractivity contribution is 0.0811. The average molecular weight is 528 g/mol. The zero-order valence-electron chi connectivity index (χ0n) is 23.4. The van der Waals surface area contributed by atoms with Crippen LogP contribution in [0.15, 0.2) is 44.5 Å². The van der Waals surface area contributed by atoms with Crippen molar-refractivity contribution >= 4 is 18.1 Å².